The first-order chi connectivity index (χ1) is 15.7. The van der Waals surface area contributed by atoms with Gasteiger partial charge in [-0.2, -0.15) is 0 Å². The molecule has 0 unspecified atom stereocenters. The van der Waals surface area contributed by atoms with Crippen molar-refractivity contribution in [3.05, 3.63) is 49.3 Å². The van der Waals surface area contributed by atoms with Crippen LogP contribution in [0.15, 0.2) is 49.3 Å². The molecule has 4 nitrogen and oxygen atoms in total. The molecule has 0 aliphatic heterocycles. The van der Waals surface area contributed by atoms with Crippen LogP contribution in [0.25, 0.3) is 11.4 Å². The van der Waals surface area contributed by atoms with E-state index in [4.69, 9.17) is 9.47 Å². The third kappa shape index (κ3) is 10.8. The predicted molar refractivity (Wildman–Crippen MR) is 134 cm³/mol. The summed E-state index contributed by atoms with van der Waals surface area (Å²) in [5, 5.41) is 0. The monoisotopic (exact) mass is 438 g/mol. The number of unbranched alkanes of at least 4 members (excludes halogenated alkanes) is 7. The van der Waals surface area contributed by atoms with E-state index in [1.165, 1.54) is 51.4 Å². The SMILES string of the molecule is C=CCCCCCCCOc1ccc(-c2ncc(OCCCCC[C@@H](C)CC)cn2)cc1. The van der Waals surface area contributed by atoms with Crippen molar-refractivity contribution in [2.24, 2.45) is 5.92 Å². The molecule has 0 fully saturated rings. The highest BCUT2D eigenvalue weighted by Gasteiger charge is 2.04. The summed E-state index contributed by atoms with van der Waals surface area (Å²) >= 11 is 0. The highest BCUT2D eigenvalue weighted by atomic mass is 16.5. The van der Waals surface area contributed by atoms with E-state index < -0.39 is 0 Å². The quantitative estimate of drug-likeness (QED) is 0.174. The Balaban J connectivity index is 1.63. The molecule has 32 heavy (non-hydrogen) atoms. The first-order valence-electron chi connectivity index (χ1n) is 12.5. The molecule has 1 heterocycles. The van der Waals surface area contributed by atoms with Gasteiger partial charge in [-0.25, -0.2) is 9.97 Å². The van der Waals surface area contributed by atoms with Crippen molar-refractivity contribution in [1.29, 1.82) is 0 Å². The molecule has 1 aromatic heterocycles. The van der Waals surface area contributed by atoms with E-state index in [0.717, 1.165) is 55.5 Å². The van der Waals surface area contributed by atoms with Crippen LogP contribution in [0.5, 0.6) is 11.5 Å². The number of rotatable bonds is 18. The molecular formula is C28H42N2O2. The smallest absolute Gasteiger partial charge is 0.159 e. The van der Waals surface area contributed by atoms with Crippen molar-refractivity contribution in [1.82, 2.24) is 9.97 Å². The van der Waals surface area contributed by atoms with Gasteiger partial charge in [0.1, 0.15) is 5.75 Å². The van der Waals surface area contributed by atoms with Crippen LogP contribution >= 0.6 is 0 Å². The zero-order valence-corrected chi connectivity index (χ0v) is 20.2. The number of allylic oxidation sites excluding steroid dienone is 1. The summed E-state index contributed by atoms with van der Waals surface area (Å²) in [5.74, 6) is 3.17. The molecule has 0 radical (unpaired) electrons. The number of benzene rings is 1. The van der Waals surface area contributed by atoms with Crippen LogP contribution in [-0.2, 0) is 0 Å². The summed E-state index contributed by atoms with van der Waals surface area (Å²) in [6.45, 7) is 9.84. The lowest BCUT2D eigenvalue weighted by atomic mass is 10.0. The van der Waals surface area contributed by atoms with Gasteiger partial charge in [-0.3, -0.25) is 0 Å². The summed E-state index contributed by atoms with van der Waals surface area (Å²) in [6.07, 6.45) is 18.9. The Kier molecular flexibility index (Phi) is 13.2. The van der Waals surface area contributed by atoms with Crippen LogP contribution in [0.2, 0.25) is 0 Å². The fraction of sp³-hybridized carbons (Fsp3) is 0.571. The van der Waals surface area contributed by atoms with Gasteiger partial charge in [0, 0.05) is 5.56 Å². The van der Waals surface area contributed by atoms with Gasteiger partial charge in [0.25, 0.3) is 0 Å². The molecular weight excluding hydrogens is 396 g/mol. The second-order valence-electron chi connectivity index (χ2n) is 8.67. The second-order valence-corrected chi connectivity index (χ2v) is 8.67. The largest absolute Gasteiger partial charge is 0.494 e. The number of aromatic nitrogens is 2. The third-order valence-electron chi connectivity index (χ3n) is 5.87. The summed E-state index contributed by atoms with van der Waals surface area (Å²) < 4.78 is 11.6. The van der Waals surface area contributed by atoms with Gasteiger partial charge >= 0.3 is 0 Å². The van der Waals surface area contributed by atoms with Gasteiger partial charge in [0.15, 0.2) is 11.6 Å². The van der Waals surface area contributed by atoms with Crippen molar-refractivity contribution in [3.63, 3.8) is 0 Å². The summed E-state index contributed by atoms with van der Waals surface area (Å²) in [7, 11) is 0. The molecule has 0 saturated heterocycles. The molecule has 2 aromatic rings. The number of hydrogen-bond donors (Lipinski definition) is 0. The highest BCUT2D eigenvalue weighted by Crippen LogP contribution is 2.21. The number of ether oxygens (including phenoxy) is 2. The molecule has 4 heteroatoms. The van der Waals surface area contributed by atoms with Crippen molar-refractivity contribution in [2.75, 3.05) is 13.2 Å². The fourth-order valence-electron chi connectivity index (χ4n) is 3.52. The standard InChI is InChI=1S/C28H42N2O2/c1-4-6-7-8-9-10-13-20-31-26-18-16-25(17-19-26)28-29-22-27(23-30-28)32-21-14-11-12-15-24(3)5-2/h4,16-19,22-24H,1,5-15,20-21H2,2-3H3/t24-/m0/s1. The molecule has 176 valence electrons. The molecule has 0 spiro atoms. The maximum atomic E-state index is 5.86. The van der Waals surface area contributed by atoms with Crippen LogP contribution in [0, 0.1) is 5.92 Å². The first-order valence-corrected chi connectivity index (χ1v) is 12.5. The van der Waals surface area contributed by atoms with Gasteiger partial charge < -0.3 is 9.47 Å². The topological polar surface area (TPSA) is 44.2 Å². The lowest BCUT2D eigenvalue weighted by Crippen LogP contribution is -2.00. The van der Waals surface area contributed by atoms with E-state index in [2.05, 4.69) is 30.4 Å². The predicted octanol–water partition coefficient (Wildman–Crippen LogP) is 8.03. The minimum Gasteiger partial charge on any atom is -0.494 e. The molecule has 0 aliphatic rings. The van der Waals surface area contributed by atoms with Crippen molar-refractivity contribution < 1.29 is 9.47 Å². The van der Waals surface area contributed by atoms with Crippen molar-refractivity contribution in [2.45, 2.75) is 84.5 Å². The number of nitrogens with zero attached hydrogens (tertiary/aromatic N) is 2. The molecule has 0 saturated carbocycles. The third-order valence-corrected chi connectivity index (χ3v) is 5.87. The van der Waals surface area contributed by atoms with Gasteiger partial charge in [-0.05, 0) is 55.9 Å². The minimum absolute atomic E-state index is 0.706. The Morgan fingerprint density at radius 3 is 2.06 bits per heavy atom. The van der Waals surface area contributed by atoms with Crippen LogP contribution in [0.3, 0.4) is 0 Å². The fourth-order valence-corrected chi connectivity index (χ4v) is 3.52. The van der Waals surface area contributed by atoms with Gasteiger partial charge in [-0.15, -0.1) is 6.58 Å². The normalized spacial score (nSPS) is 11.8. The minimum atomic E-state index is 0.706. The van der Waals surface area contributed by atoms with E-state index in [9.17, 15) is 0 Å². The molecule has 1 atom stereocenters. The van der Waals surface area contributed by atoms with Gasteiger partial charge in [0.05, 0.1) is 25.6 Å². The summed E-state index contributed by atoms with van der Waals surface area (Å²) in [6, 6.07) is 8.01. The Labute approximate surface area is 195 Å². The molecule has 2 rings (SSSR count). The molecule has 0 aliphatic carbocycles. The van der Waals surface area contributed by atoms with Gasteiger partial charge in [-0.1, -0.05) is 64.9 Å². The Morgan fingerprint density at radius 2 is 1.41 bits per heavy atom. The van der Waals surface area contributed by atoms with E-state index in [0.29, 0.717) is 5.82 Å². The van der Waals surface area contributed by atoms with Crippen LogP contribution < -0.4 is 9.47 Å². The Hall–Kier alpha value is -2.36. The zero-order valence-electron chi connectivity index (χ0n) is 20.2. The second kappa shape index (κ2) is 16.3. The van der Waals surface area contributed by atoms with E-state index in [-0.39, 0.29) is 0 Å². The van der Waals surface area contributed by atoms with Crippen LogP contribution in [0.4, 0.5) is 0 Å². The molecule has 0 bridgehead atoms. The average Bonchev–Trinajstić information content (AvgIpc) is 2.83. The van der Waals surface area contributed by atoms with E-state index in [1.807, 2.05) is 30.3 Å². The van der Waals surface area contributed by atoms with Crippen LogP contribution in [0.1, 0.15) is 84.5 Å². The lowest BCUT2D eigenvalue weighted by Gasteiger charge is -2.09. The average molecular weight is 439 g/mol. The lowest BCUT2D eigenvalue weighted by molar-refractivity contribution is 0.300. The molecule has 1 aromatic carbocycles. The van der Waals surface area contributed by atoms with Crippen molar-refractivity contribution >= 4 is 0 Å². The molecule has 0 amide bonds. The maximum Gasteiger partial charge on any atom is 0.159 e. The maximum absolute atomic E-state index is 5.86. The molecule has 0 N–H and O–H groups in total. The van der Waals surface area contributed by atoms with Crippen molar-refractivity contribution in [3.8, 4) is 22.9 Å². The summed E-state index contributed by atoms with van der Waals surface area (Å²) in [5.41, 5.74) is 0.983. The Morgan fingerprint density at radius 1 is 0.812 bits per heavy atom. The zero-order chi connectivity index (χ0) is 22.9. The first kappa shape index (κ1) is 25.9. The van der Waals surface area contributed by atoms with E-state index in [1.54, 1.807) is 12.4 Å². The van der Waals surface area contributed by atoms with E-state index >= 15 is 0 Å². The number of hydrogen-bond acceptors (Lipinski definition) is 4. The van der Waals surface area contributed by atoms with Crippen LogP contribution in [-0.4, -0.2) is 23.2 Å². The Bertz CT molecular complexity index is 728. The summed E-state index contributed by atoms with van der Waals surface area (Å²) in [4.78, 5) is 8.92. The van der Waals surface area contributed by atoms with Gasteiger partial charge in [0.2, 0.25) is 0 Å². The highest BCUT2D eigenvalue weighted by molar-refractivity contribution is 5.56.